The quantitative estimate of drug-likeness (QED) is 0.387. The first-order valence-corrected chi connectivity index (χ1v) is 16.7. The Hall–Kier alpha value is -2.67. The molecule has 1 unspecified atom stereocenters. The van der Waals surface area contributed by atoms with Gasteiger partial charge < -0.3 is 15.1 Å². The van der Waals surface area contributed by atoms with E-state index < -0.39 is 16.1 Å². The largest absolute Gasteiger partial charge is 0.371 e. The highest BCUT2D eigenvalue weighted by molar-refractivity contribution is 9.10. The van der Waals surface area contributed by atoms with Gasteiger partial charge in [0, 0.05) is 72.7 Å². The maximum Gasteiger partial charge on any atom is 0.246 e. The number of sulfonamides is 1. The van der Waals surface area contributed by atoms with E-state index in [9.17, 15) is 18.0 Å². The van der Waals surface area contributed by atoms with Crippen LogP contribution in [0.1, 0.15) is 12.8 Å². The van der Waals surface area contributed by atoms with Crippen LogP contribution in [0.15, 0.2) is 70.3 Å². The summed E-state index contributed by atoms with van der Waals surface area (Å²) >= 11 is 5.21. The standard InChI is InChI=1S/C28H32BrN5O4S2/c29-23-3-1-22-18-25(4-2-21(22)17-23)40(37,38)31-19-26(28(36)34-13-15-39-16-14-34)32-27(35)20-7-11-33(12-8-20)24-5-9-30-10-6-24/h1-6,9-10,17-18,20,26,31H,7-8,11-16,19H2,(H,32,35). The van der Waals surface area contributed by atoms with Gasteiger partial charge in [0.25, 0.3) is 0 Å². The van der Waals surface area contributed by atoms with E-state index in [0.717, 1.165) is 45.5 Å². The van der Waals surface area contributed by atoms with Crippen molar-refractivity contribution in [3.8, 4) is 0 Å². The van der Waals surface area contributed by atoms with Crippen molar-refractivity contribution in [1.82, 2.24) is 19.9 Å². The van der Waals surface area contributed by atoms with E-state index in [0.29, 0.717) is 25.9 Å². The van der Waals surface area contributed by atoms with E-state index in [4.69, 9.17) is 0 Å². The van der Waals surface area contributed by atoms with Gasteiger partial charge in [-0.2, -0.15) is 11.8 Å². The molecular formula is C28H32BrN5O4S2. The van der Waals surface area contributed by atoms with Gasteiger partial charge in [0.05, 0.1) is 4.90 Å². The van der Waals surface area contributed by atoms with Crippen LogP contribution in [0.2, 0.25) is 0 Å². The monoisotopic (exact) mass is 645 g/mol. The van der Waals surface area contributed by atoms with E-state index in [1.807, 2.05) is 30.3 Å². The van der Waals surface area contributed by atoms with Gasteiger partial charge in [-0.15, -0.1) is 0 Å². The van der Waals surface area contributed by atoms with Crippen LogP contribution < -0.4 is 14.9 Å². The lowest BCUT2D eigenvalue weighted by atomic mass is 9.95. The lowest BCUT2D eigenvalue weighted by Gasteiger charge is -2.34. The molecule has 5 rings (SSSR count). The van der Waals surface area contributed by atoms with Crippen molar-refractivity contribution < 1.29 is 18.0 Å². The van der Waals surface area contributed by atoms with Gasteiger partial charge >= 0.3 is 0 Å². The van der Waals surface area contributed by atoms with Crippen LogP contribution in [0.4, 0.5) is 5.69 Å². The Morgan fingerprint density at radius 1 is 0.975 bits per heavy atom. The number of thioether (sulfide) groups is 1. The fraction of sp³-hybridized carbons (Fsp3) is 0.393. The molecule has 1 atom stereocenters. The summed E-state index contributed by atoms with van der Waals surface area (Å²) < 4.78 is 30.0. The Morgan fingerprint density at radius 3 is 2.38 bits per heavy atom. The van der Waals surface area contributed by atoms with Gasteiger partial charge in [0.1, 0.15) is 6.04 Å². The zero-order valence-electron chi connectivity index (χ0n) is 22.0. The first kappa shape index (κ1) is 28.8. The number of amides is 2. The SMILES string of the molecule is O=C(NC(CNS(=O)(=O)c1ccc2cc(Br)ccc2c1)C(=O)N1CCSCC1)C1CCN(c2ccncc2)CC1. The van der Waals surface area contributed by atoms with Crippen molar-refractivity contribution in [3.05, 3.63) is 65.4 Å². The maximum absolute atomic E-state index is 13.5. The van der Waals surface area contributed by atoms with Gasteiger partial charge in [-0.25, -0.2) is 13.1 Å². The third-order valence-corrected chi connectivity index (χ3v) is 10.2. The van der Waals surface area contributed by atoms with Crippen molar-refractivity contribution in [2.24, 2.45) is 5.92 Å². The number of nitrogens with zero attached hydrogens (tertiary/aromatic N) is 3. The number of benzene rings is 2. The van der Waals surface area contributed by atoms with E-state index in [2.05, 4.69) is 35.9 Å². The van der Waals surface area contributed by atoms with E-state index in [-0.39, 0.29) is 29.2 Å². The van der Waals surface area contributed by atoms with Gasteiger partial charge in [-0.3, -0.25) is 14.6 Å². The van der Waals surface area contributed by atoms with Crippen LogP contribution in [0.25, 0.3) is 10.8 Å². The number of carbonyl (C=O) groups is 2. The van der Waals surface area contributed by atoms with Gasteiger partial charge in [0.2, 0.25) is 21.8 Å². The third-order valence-electron chi connectivity index (χ3n) is 7.39. The number of pyridine rings is 1. The molecule has 12 heteroatoms. The molecule has 212 valence electrons. The fourth-order valence-corrected chi connectivity index (χ4v) is 7.45. The molecule has 3 heterocycles. The number of carbonyl (C=O) groups excluding carboxylic acids is 2. The van der Waals surface area contributed by atoms with E-state index >= 15 is 0 Å². The Labute approximate surface area is 247 Å². The van der Waals surface area contributed by atoms with Crippen LogP contribution in [0.3, 0.4) is 0 Å². The number of hydrogen-bond donors (Lipinski definition) is 2. The predicted molar refractivity (Wildman–Crippen MR) is 162 cm³/mol. The number of piperidine rings is 1. The summed E-state index contributed by atoms with van der Waals surface area (Å²) in [7, 11) is -3.92. The summed E-state index contributed by atoms with van der Waals surface area (Å²) in [5, 5.41) is 4.60. The smallest absolute Gasteiger partial charge is 0.246 e. The predicted octanol–water partition coefficient (Wildman–Crippen LogP) is 3.25. The molecule has 0 aliphatic carbocycles. The van der Waals surface area contributed by atoms with Gasteiger partial charge in [-0.1, -0.05) is 28.1 Å². The van der Waals surface area contributed by atoms with Crippen molar-refractivity contribution in [2.75, 3.05) is 49.1 Å². The first-order chi connectivity index (χ1) is 19.3. The molecule has 1 aromatic heterocycles. The first-order valence-electron chi connectivity index (χ1n) is 13.3. The Bertz CT molecular complexity index is 1460. The minimum atomic E-state index is -3.92. The van der Waals surface area contributed by atoms with Crippen LogP contribution in [-0.2, 0) is 19.6 Å². The lowest BCUT2D eigenvalue weighted by Crippen LogP contribution is -2.56. The van der Waals surface area contributed by atoms with Crippen LogP contribution in [0, 0.1) is 5.92 Å². The number of fused-ring (bicyclic) bond motifs is 1. The highest BCUT2D eigenvalue weighted by atomic mass is 79.9. The molecule has 0 spiro atoms. The van der Waals surface area contributed by atoms with Crippen LogP contribution >= 0.6 is 27.7 Å². The van der Waals surface area contributed by atoms with E-state index in [1.165, 1.54) is 0 Å². The Kier molecular flexibility index (Phi) is 9.29. The number of nitrogens with one attached hydrogen (secondary N) is 2. The molecule has 9 nitrogen and oxygen atoms in total. The van der Waals surface area contributed by atoms with Gasteiger partial charge in [0.15, 0.2) is 0 Å². The second-order valence-corrected chi connectivity index (χ2v) is 13.9. The average Bonchev–Trinajstić information content (AvgIpc) is 2.99. The van der Waals surface area contributed by atoms with Crippen molar-refractivity contribution in [2.45, 2.75) is 23.8 Å². The molecule has 0 saturated carbocycles. The molecule has 2 aliphatic rings. The normalized spacial score (nSPS) is 17.5. The maximum atomic E-state index is 13.5. The lowest BCUT2D eigenvalue weighted by molar-refractivity contribution is -0.137. The number of halogens is 1. The zero-order valence-corrected chi connectivity index (χ0v) is 25.2. The van der Waals surface area contributed by atoms with Crippen LogP contribution in [0.5, 0.6) is 0 Å². The second-order valence-electron chi connectivity index (χ2n) is 9.97. The molecule has 2 saturated heterocycles. The molecule has 0 bridgehead atoms. The zero-order chi connectivity index (χ0) is 28.1. The van der Waals surface area contributed by atoms with Crippen molar-refractivity contribution >= 4 is 66.0 Å². The van der Waals surface area contributed by atoms with Gasteiger partial charge in [-0.05, 0) is 60.0 Å². The third kappa shape index (κ3) is 6.96. The number of aromatic nitrogens is 1. The topological polar surface area (TPSA) is 112 Å². The minimum absolute atomic E-state index is 0.109. The summed E-state index contributed by atoms with van der Waals surface area (Å²) in [6.07, 6.45) is 4.80. The molecule has 2 amide bonds. The molecule has 3 aromatic rings. The summed E-state index contributed by atoms with van der Waals surface area (Å²) in [6.45, 7) is 2.37. The molecule has 0 radical (unpaired) electrons. The van der Waals surface area contributed by atoms with Crippen molar-refractivity contribution in [3.63, 3.8) is 0 Å². The molecule has 2 N–H and O–H groups in total. The molecule has 40 heavy (non-hydrogen) atoms. The Morgan fingerprint density at radius 2 is 1.65 bits per heavy atom. The summed E-state index contributed by atoms with van der Waals surface area (Å²) in [5.74, 6) is 0.919. The minimum Gasteiger partial charge on any atom is -0.371 e. The second kappa shape index (κ2) is 12.9. The van der Waals surface area contributed by atoms with Crippen molar-refractivity contribution in [1.29, 1.82) is 0 Å². The van der Waals surface area contributed by atoms with E-state index in [1.54, 1.807) is 47.3 Å². The average molecular weight is 647 g/mol. The Balaban J connectivity index is 1.26. The molecule has 2 aromatic carbocycles. The fourth-order valence-electron chi connectivity index (χ4n) is 5.09. The van der Waals surface area contributed by atoms with Crippen LogP contribution in [-0.4, -0.2) is 80.4 Å². The summed E-state index contributed by atoms with van der Waals surface area (Å²) in [4.78, 5) is 34.9. The highest BCUT2D eigenvalue weighted by Gasteiger charge is 2.32. The number of anilines is 1. The number of hydrogen-bond acceptors (Lipinski definition) is 7. The summed E-state index contributed by atoms with van der Waals surface area (Å²) in [5.41, 5.74) is 1.07. The highest BCUT2D eigenvalue weighted by Crippen LogP contribution is 2.24. The summed E-state index contributed by atoms with van der Waals surface area (Å²) in [6, 6.07) is 13.4. The number of rotatable bonds is 8. The molecule has 2 aliphatic heterocycles. The molecular weight excluding hydrogens is 614 g/mol. The molecule has 2 fully saturated rings.